The van der Waals surface area contributed by atoms with Crippen LogP contribution >= 0.6 is 0 Å². The number of rotatable bonds is 4. The van der Waals surface area contributed by atoms with Crippen LogP contribution in [0.15, 0.2) is 60.7 Å². The second-order valence-corrected chi connectivity index (χ2v) is 4.76. The van der Waals surface area contributed by atoms with Crippen LogP contribution in [0.5, 0.6) is 5.75 Å². The molecule has 1 aliphatic carbocycles. The Morgan fingerprint density at radius 2 is 1.41 bits per heavy atom. The molecule has 86 valence electrons. The molecule has 1 aliphatic rings. The molecule has 1 fully saturated rings. The lowest BCUT2D eigenvalue weighted by molar-refractivity contribution is 0.179. The summed E-state index contributed by atoms with van der Waals surface area (Å²) in [5.74, 6) is 0.987. The molecule has 17 heavy (non-hydrogen) atoms. The van der Waals surface area contributed by atoms with Gasteiger partial charge in [0.1, 0.15) is 11.4 Å². The molecule has 0 heterocycles. The summed E-state index contributed by atoms with van der Waals surface area (Å²) in [6, 6.07) is 20.7. The van der Waals surface area contributed by atoms with Crippen LogP contribution < -0.4 is 4.74 Å². The number of para-hydroxylation sites is 1. The highest BCUT2D eigenvalue weighted by Gasteiger charge is 2.45. The predicted octanol–water partition coefficient (Wildman–Crippen LogP) is 3.84. The van der Waals surface area contributed by atoms with Gasteiger partial charge in [-0.2, -0.15) is 0 Å². The highest BCUT2D eigenvalue weighted by atomic mass is 16.5. The van der Waals surface area contributed by atoms with Crippen LogP contribution in [0.2, 0.25) is 0 Å². The molecule has 0 aromatic heterocycles. The minimum Gasteiger partial charge on any atom is -0.487 e. The van der Waals surface area contributed by atoms with E-state index in [1.165, 1.54) is 5.56 Å². The van der Waals surface area contributed by atoms with Gasteiger partial charge in [-0.1, -0.05) is 48.5 Å². The molecule has 0 radical (unpaired) electrons. The van der Waals surface area contributed by atoms with Crippen molar-refractivity contribution in [1.29, 1.82) is 0 Å². The third-order valence-corrected chi connectivity index (χ3v) is 3.25. The van der Waals surface area contributed by atoms with Crippen molar-refractivity contribution >= 4 is 0 Å². The molecule has 0 amide bonds. The van der Waals surface area contributed by atoms with E-state index in [0.717, 1.165) is 25.0 Å². The third-order valence-electron chi connectivity index (χ3n) is 3.25. The fraction of sp³-hybridized carbons (Fsp3) is 0.250. The van der Waals surface area contributed by atoms with Gasteiger partial charge in [-0.3, -0.25) is 0 Å². The van der Waals surface area contributed by atoms with Gasteiger partial charge in [0, 0.05) is 6.42 Å². The molecule has 0 aliphatic heterocycles. The minimum atomic E-state index is 0.0582. The monoisotopic (exact) mass is 224 g/mol. The van der Waals surface area contributed by atoms with Crippen molar-refractivity contribution in [1.82, 2.24) is 0 Å². The second-order valence-electron chi connectivity index (χ2n) is 4.76. The van der Waals surface area contributed by atoms with E-state index < -0.39 is 0 Å². The fourth-order valence-corrected chi connectivity index (χ4v) is 2.16. The Balaban J connectivity index is 1.71. The molecule has 2 aromatic rings. The fourth-order valence-electron chi connectivity index (χ4n) is 2.16. The quantitative estimate of drug-likeness (QED) is 0.766. The molecule has 1 saturated carbocycles. The van der Waals surface area contributed by atoms with Gasteiger partial charge in [0.15, 0.2) is 0 Å². The number of ether oxygens (including phenoxy) is 1. The van der Waals surface area contributed by atoms with Crippen LogP contribution in [0, 0.1) is 0 Å². The first-order valence-electron chi connectivity index (χ1n) is 6.14. The van der Waals surface area contributed by atoms with E-state index in [0.29, 0.717) is 0 Å². The van der Waals surface area contributed by atoms with E-state index in [-0.39, 0.29) is 5.60 Å². The molecule has 0 unspecified atom stereocenters. The van der Waals surface area contributed by atoms with Gasteiger partial charge >= 0.3 is 0 Å². The van der Waals surface area contributed by atoms with Crippen molar-refractivity contribution in [2.75, 3.05) is 0 Å². The van der Waals surface area contributed by atoms with Crippen LogP contribution in [-0.4, -0.2) is 5.60 Å². The lowest BCUT2D eigenvalue weighted by Gasteiger charge is -2.18. The summed E-state index contributed by atoms with van der Waals surface area (Å²) >= 11 is 0. The Kier molecular flexibility index (Phi) is 2.60. The molecule has 0 spiro atoms. The molecule has 0 saturated heterocycles. The SMILES string of the molecule is c1ccc(CC2(Oc3ccccc3)CC2)cc1. The van der Waals surface area contributed by atoms with Crippen LogP contribution in [0.25, 0.3) is 0 Å². The van der Waals surface area contributed by atoms with Crippen LogP contribution in [0.1, 0.15) is 18.4 Å². The highest BCUT2D eigenvalue weighted by Crippen LogP contribution is 2.42. The summed E-state index contributed by atoms with van der Waals surface area (Å²) in [5, 5.41) is 0. The maximum atomic E-state index is 6.12. The smallest absolute Gasteiger partial charge is 0.120 e. The maximum Gasteiger partial charge on any atom is 0.120 e. The Bertz CT molecular complexity index is 428. The molecular weight excluding hydrogens is 208 g/mol. The second kappa shape index (κ2) is 4.25. The Morgan fingerprint density at radius 1 is 0.824 bits per heavy atom. The molecule has 0 bridgehead atoms. The lowest BCUT2D eigenvalue weighted by Crippen LogP contribution is -2.21. The average Bonchev–Trinajstić information content (AvgIpc) is 3.11. The summed E-state index contributed by atoms with van der Waals surface area (Å²) in [7, 11) is 0. The zero-order valence-electron chi connectivity index (χ0n) is 9.80. The van der Waals surface area contributed by atoms with Gasteiger partial charge in [-0.05, 0) is 30.5 Å². The number of hydrogen-bond acceptors (Lipinski definition) is 1. The van der Waals surface area contributed by atoms with Crippen LogP contribution in [0.4, 0.5) is 0 Å². The molecular formula is C16H16O. The molecule has 2 aromatic carbocycles. The summed E-state index contributed by atoms with van der Waals surface area (Å²) in [4.78, 5) is 0. The first-order chi connectivity index (χ1) is 8.36. The van der Waals surface area contributed by atoms with E-state index in [2.05, 4.69) is 30.3 Å². The van der Waals surface area contributed by atoms with Gasteiger partial charge in [-0.15, -0.1) is 0 Å². The Morgan fingerprint density at radius 3 is 2.00 bits per heavy atom. The van der Waals surface area contributed by atoms with E-state index in [9.17, 15) is 0 Å². The van der Waals surface area contributed by atoms with Crippen molar-refractivity contribution in [3.8, 4) is 5.75 Å². The zero-order valence-corrected chi connectivity index (χ0v) is 9.80. The lowest BCUT2D eigenvalue weighted by atomic mass is 10.1. The summed E-state index contributed by atoms with van der Waals surface area (Å²) in [6.07, 6.45) is 3.34. The van der Waals surface area contributed by atoms with Crippen molar-refractivity contribution in [2.24, 2.45) is 0 Å². The largest absolute Gasteiger partial charge is 0.487 e. The summed E-state index contributed by atoms with van der Waals surface area (Å²) in [5.41, 5.74) is 1.42. The van der Waals surface area contributed by atoms with Crippen molar-refractivity contribution < 1.29 is 4.74 Å². The normalized spacial score (nSPS) is 16.5. The first kappa shape index (κ1) is 10.4. The Labute approximate surface area is 102 Å². The first-order valence-corrected chi connectivity index (χ1v) is 6.14. The van der Waals surface area contributed by atoms with Crippen molar-refractivity contribution in [3.63, 3.8) is 0 Å². The van der Waals surface area contributed by atoms with Gasteiger partial charge < -0.3 is 4.74 Å². The van der Waals surface area contributed by atoms with Crippen molar-refractivity contribution in [3.05, 3.63) is 66.2 Å². The molecule has 3 rings (SSSR count). The van der Waals surface area contributed by atoms with Crippen molar-refractivity contribution in [2.45, 2.75) is 24.9 Å². The summed E-state index contributed by atoms with van der Waals surface area (Å²) < 4.78 is 6.12. The molecule has 0 atom stereocenters. The van der Waals surface area contributed by atoms with E-state index in [1.807, 2.05) is 30.3 Å². The standard InChI is InChI=1S/C16H16O/c1-3-7-14(8-4-1)13-16(11-12-16)17-15-9-5-2-6-10-15/h1-10H,11-13H2. The predicted molar refractivity (Wildman–Crippen MR) is 69.2 cm³/mol. The minimum absolute atomic E-state index is 0.0582. The average molecular weight is 224 g/mol. The third kappa shape index (κ3) is 2.50. The Hall–Kier alpha value is -1.76. The molecule has 1 nitrogen and oxygen atoms in total. The zero-order chi connectivity index (χ0) is 11.6. The van der Waals surface area contributed by atoms with E-state index in [4.69, 9.17) is 4.74 Å². The van der Waals surface area contributed by atoms with Gasteiger partial charge in [0.05, 0.1) is 0 Å². The van der Waals surface area contributed by atoms with Gasteiger partial charge in [0.25, 0.3) is 0 Å². The summed E-state index contributed by atoms with van der Waals surface area (Å²) in [6.45, 7) is 0. The number of benzene rings is 2. The molecule has 1 heteroatoms. The van der Waals surface area contributed by atoms with Crippen LogP contribution in [0.3, 0.4) is 0 Å². The van der Waals surface area contributed by atoms with Gasteiger partial charge in [0.2, 0.25) is 0 Å². The number of hydrogen-bond donors (Lipinski definition) is 0. The van der Waals surface area contributed by atoms with E-state index in [1.54, 1.807) is 0 Å². The maximum absolute atomic E-state index is 6.12. The van der Waals surface area contributed by atoms with Crippen LogP contribution in [-0.2, 0) is 6.42 Å². The molecule has 0 N–H and O–H groups in total. The van der Waals surface area contributed by atoms with E-state index >= 15 is 0 Å². The van der Waals surface area contributed by atoms with Gasteiger partial charge in [-0.25, -0.2) is 0 Å². The highest BCUT2D eigenvalue weighted by molar-refractivity contribution is 5.26. The topological polar surface area (TPSA) is 9.23 Å².